The molecule has 0 bridgehead atoms. The van der Waals surface area contributed by atoms with Gasteiger partial charge in [-0.3, -0.25) is 14.6 Å². The van der Waals surface area contributed by atoms with E-state index in [-0.39, 0.29) is 0 Å². The van der Waals surface area contributed by atoms with E-state index in [0.29, 0.717) is 12.7 Å². The summed E-state index contributed by atoms with van der Waals surface area (Å²) < 4.78 is 8.21. The van der Waals surface area contributed by atoms with Crippen LogP contribution in [0.1, 0.15) is 48.4 Å². The predicted octanol–water partition coefficient (Wildman–Crippen LogP) is 2.87. The quantitative estimate of drug-likeness (QED) is 0.819. The Morgan fingerprint density at radius 2 is 2.17 bits per heavy atom. The Balaban J connectivity index is 1.33. The predicted molar refractivity (Wildman–Crippen MR) is 92.5 cm³/mol. The molecule has 4 rings (SSSR count). The number of nitrogens with zero attached hydrogens (tertiary/aromatic N) is 4. The summed E-state index contributed by atoms with van der Waals surface area (Å²) in [6, 6.07) is 4.04. The molecule has 128 valence electrons. The van der Waals surface area contributed by atoms with Gasteiger partial charge in [-0.1, -0.05) is 6.07 Å². The van der Waals surface area contributed by atoms with Crippen LogP contribution in [0.25, 0.3) is 0 Å². The van der Waals surface area contributed by atoms with Gasteiger partial charge in [-0.15, -0.1) is 0 Å². The first-order valence-corrected chi connectivity index (χ1v) is 9.03. The van der Waals surface area contributed by atoms with E-state index in [9.17, 15) is 0 Å². The van der Waals surface area contributed by atoms with Crippen molar-refractivity contribution in [1.29, 1.82) is 0 Å². The van der Waals surface area contributed by atoms with E-state index in [1.807, 2.05) is 12.3 Å². The molecule has 0 aromatic carbocycles. The molecule has 1 atom stereocenters. The van der Waals surface area contributed by atoms with Gasteiger partial charge >= 0.3 is 0 Å². The number of aryl methyl sites for hydroxylation is 1. The Bertz CT molecular complexity index is 665. The molecule has 0 amide bonds. The third kappa shape index (κ3) is 3.68. The van der Waals surface area contributed by atoms with Gasteiger partial charge in [-0.2, -0.15) is 5.10 Å². The molecule has 5 heteroatoms. The molecule has 5 nitrogen and oxygen atoms in total. The fraction of sp³-hybridized carbons (Fsp3) is 0.579. The minimum atomic E-state index is 0.319. The maximum absolute atomic E-state index is 6.13. The van der Waals surface area contributed by atoms with Gasteiger partial charge in [0.05, 0.1) is 18.9 Å². The lowest BCUT2D eigenvalue weighted by Crippen LogP contribution is -2.39. The number of aromatic nitrogens is 3. The molecule has 0 spiro atoms. The summed E-state index contributed by atoms with van der Waals surface area (Å²) in [6.07, 6.45) is 11.1. The lowest BCUT2D eigenvalue weighted by Gasteiger charge is -2.32. The molecule has 1 saturated carbocycles. The maximum atomic E-state index is 6.13. The van der Waals surface area contributed by atoms with Crippen LogP contribution < -0.4 is 0 Å². The van der Waals surface area contributed by atoms with Crippen molar-refractivity contribution in [2.45, 2.75) is 50.9 Å². The minimum absolute atomic E-state index is 0.319. The molecule has 1 aliphatic heterocycles. The van der Waals surface area contributed by atoms with E-state index >= 15 is 0 Å². The average Bonchev–Trinajstić information content (AvgIpc) is 3.38. The number of ether oxygens (including phenoxy) is 1. The fourth-order valence-electron chi connectivity index (χ4n) is 3.73. The summed E-state index contributed by atoms with van der Waals surface area (Å²) in [4.78, 5) is 6.68. The van der Waals surface area contributed by atoms with Crippen molar-refractivity contribution in [2.24, 2.45) is 7.05 Å². The van der Waals surface area contributed by atoms with Gasteiger partial charge in [0.2, 0.25) is 0 Å². The summed E-state index contributed by atoms with van der Waals surface area (Å²) in [6.45, 7) is 3.84. The van der Waals surface area contributed by atoms with Crippen molar-refractivity contribution in [3.8, 4) is 0 Å². The van der Waals surface area contributed by atoms with E-state index in [1.165, 1.54) is 30.5 Å². The average molecular weight is 326 g/mol. The van der Waals surface area contributed by atoms with Crippen LogP contribution in [-0.2, 0) is 24.9 Å². The second kappa shape index (κ2) is 7.03. The zero-order chi connectivity index (χ0) is 16.4. The highest BCUT2D eigenvalue weighted by atomic mass is 16.5. The van der Waals surface area contributed by atoms with Crippen LogP contribution in [0.15, 0.2) is 30.7 Å². The summed E-state index contributed by atoms with van der Waals surface area (Å²) in [7, 11) is 2.08. The molecule has 2 aliphatic rings. The number of rotatable bonds is 6. The molecular formula is C19H26N4O. The Morgan fingerprint density at radius 3 is 2.96 bits per heavy atom. The second-order valence-corrected chi connectivity index (χ2v) is 7.12. The standard InChI is InChI=1S/C19H26N4O/c1-22-19(16-6-7-16)17(11-21-22)12-23-9-3-5-18(13-23)24-14-15-4-2-8-20-10-15/h2,4,8,10-11,16,18H,3,5-7,9,12-14H2,1H3/t18-/m1/s1. The summed E-state index contributed by atoms with van der Waals surface area (Å²) in [5.41, 5.74) is 4.01. The molecule has 2 fully saturated rings. The SMILES string of the molecule is Cn1ncc(CN2CCC[C@@H](OCc3cccnc3)C2)c1C1CC1. The molecule has 2 aromatic rings. The van der Waals surface area contributed by atoms with Crippen LogP contribution in [0, 0.1) is 0 Å². The first kappa shape index (κ1) is 15.8. The largest absolute Gasteiger partial charge is 0.372 e. The lowest BCUT2D eigenvalue weighted by molar-refractivity contribution is -0.0122. The highest BCUT2D eigenvalue weighted by Gasteiger charge is 2.30. The lowest BCUT2D eigenvalue weighted by atomic mass is 10.1. The van der Waals surface area contributed by atoms with Crippen molar-refractivity contribution >= 4 is 0 Å². The van der Waals surface area contributed by atoms with Gasteiger partial charge in [0.1, 0.15) is 0 Å². The van der Waals surface area contributed by atoms with Crippen LogP contribution in [0.5, 0.6) is 0 Å². The molecule has 3 heterocycles. The van der Waals surface area contributed by atoms with E-state index in [4.69, 9.17) is 4.74 Å². The minimum Gasteiger partial charge on any atom is -0.372 e. The smallest absolute Gasteiger partial charge is 0.0736 e. The highest BCUT2D eigenvalue weighted by molar-refractivity contribution is 5.25. The van der Waals surface area contributed by atoms with Crippen LogP contribution in [-0.4, -0.2) is 38.9 Å². The van der Waals surface area contributed by atoms with Crippen LogP contribution >= 0.6 is 0 Å². The normalized spacial score (nSPS) is 22.0. The topological polar surface area (TPSA) is 43.2 Å². The molecule has 24 heavy (non-hydrogen) atoms. The van der Waals surface area contributed by atoms with Crippen LogP contribution in [0.3, 0.4) is 0 Å². The monoisotopic (exact) mass is 326 g/mol. The first-order valence-electron chi connectivity index (χ1n) is 9.03. The Morgan fingerprint density at radius 1 is 1.25 bits per heavy atom. The second-order valence-electron chi connectivity index (χ2n) is 7.12. The van der Waals surface area contributed by atoms with Crippen molar-refractivity contribution < 1.29 is 4.74 Å². The molecule has 0 N–H and O–H groups in total. The number of hydrogen-bond acceptors (Lipinski definition) is 4. The third-order valence-corrected chi connectivity index (χ3v) is 5.09. The van der Waals surface area contributed by atoms with Gasteiger partial charge in [0.25, 0.3) is 0 Å². The molecule has 1 saturated heterocycles. The molecule has 0 radical (unpaired) electrons. The van der Waals surface area contributed by atoms with Crippen molar-refractivity contribution in [3.05, 3.63) is 47.5 Å². The molecule has 0 unspecified atom stereocenters. The molecular weight excluding hydrogens is 300 g/mol. The van der Waals surface area contributed by atoms with Gasteiger partial charge in [0.15, 0.2) is 0 Å². The van der Waals surface area contributed by atoms with Crippen molar-refractivity contribution in [3.63, 3.8) is 0 Å². The third-order valence-electron chi connectivity index (χ3n) is 5.09. The van der Waals surface area contributed by atoms with Gasteiger partial charge in [-0.05, 0) is 43.9 Å². The number of piperidine rings is 1. The van der Waals surface area contributed by atoms with Gasteiger partial charge in [-0.25, -0.2) is 0 Å². The van der Waals surface area contributed by atoms with Crippen molar-refractivity contribution in [1.82, 2.24) is 19.7 Å². The number of likely N-dealkylation sites (tertiary alicyclic amines) is 1. The Kier molecular flexibility index (Phi) is 4.63. The zero-order valence-electron chi connectivity index (χ0n) is 14.4. The van der Waals surface area contributed by atoms with E-state index in [2.05, 4.69) is 39.0 Å². The molecule has 2 aromatic heterocycles. The Hall–Kier alpha value is -1.72. The van der Waals surface area contributed by atoms with Crippen molar-refractivity contribution in [2.75, 3.05) is 13.1 Å². The first-order chi connectivity index (χ1) is 11.8. The summed E-state index contributed by atoms with van der Waals surface area (Å²) in [5.74, 6) is 0.745. The maximum Gasteiger partial charge on any atom is 0.0736 e. The molecule has 1 aliphatic carbocycles. The fourth-order valence-corrected chi connectivity index (χ4v) is 3.73. The van der Waals surface area contributed by atoms with Gasteiger partial charge < -0.3 is 4.74 Å². The van der Waals surface area contributed by atoms with Crippen LogP contribution in [0.4, 0.5) is 0 Å². The van der Waals surface area contributed by atoms with Crippen LogP contribution in [0.2, 0.25) is 0 Å². The Labute approximate surface area is 143 Å². The van der Waals surface area contributed by atoms with E-state index in [1.54, 1.807) is 6.20 Å². The van der Waals surface area contributed by atoms with E-state index < -0.39 is 0 Å². The zero-order valence-corrected chi connectivity index (χ0v) is 14.4. The number of pyridine rings is 1. The summed E-state index contributed by atoms with van der Waals surface area (Å²) >= 11 is 0. The summed E-state index contributed by atoms with van der Waals surface area (Å²) in [5, 5.41) is 4.49. The van der Waals surface area contributed by atoms with E-state index in [0.717, 1.165) is 37.5 Å². The number of hydrogen-bond donors (Lipinski definition) is 0. The van der Waals surface area contributed by atoms with Gasteiger partial charge in [0, 0.05) is 49.7 Å². The highest BCUT2D eigenvalue weighted by Crippen LogP contribution is 2.41.